The molecular formula is C41H34. The van der Waals surface area contributed by atoms with E-state index >= 15 is 0 Å². The molecule has 0 saturated heterocycles. The minimum atomic E-state index is 1.11. The lowest BCUT2D eigenvalue weighted by Crippen LogP contribution is -1.93. The van der Waals surface area contributed by atoms with Crippen molar-refractivity contribution in [1.29, 1.82) is 0 Å². The first-order chi connectivity index (χ1) is 20.0. The molecule has 0 amide bonds. The Morgan fingerprint density at radius 1 is 0.415 bits per heavy atom. The Hall–Kier alpha value is -4.68. The minimum Gasteiger partial charge on any atom is -0.0619 e. The van der Waals surface area contributed by atoms with Gasteiger partial charge >= 0.3 is 0 Å². The van der Waals surface area contributed by atoms with Gasteiger partial charge in [-0.25, -0.2) is 0 Å². The largest absolute Gasteiger partial charge is 0.0619 e. The molecule has 0 fully saturated rings. The lowest BCUT2D eigenvalue weighted by atomic mass is 9.87. The van der Waals surface area contributed by atoms with Crippen LogP contribution in [0.2, 0.25) is 0 Å². The van der Waals surface area contributed by atoms with Gasteiger partial charge in [0.15, 0.2) is 0 Å². The Kier molecular flexibility index (Phi) is 6.20. The highest BCUT2D eigenvalue weighted by molar-refractivity contribution is 6.18. The molecule has 41 heavy (non-hydrogen) atoms. The molecule has 0 heterocycles. The average molecular weight is 527 g/mol. The Bertz CT molecular complexity index is 2050. The van der Waals surface area contributed by atoms with Gasteiger partial charge in [0.25, 0.3) is 0 Å². The predicted octanol–water partition coefficient (Wildman–Crippen LogP) is 11.3. The molecule has 7 aromatic carbocycles. The van der Waals surface area contributed by atoms with Crippen LogP contribution in [0.1, 0.15) is 33.4 Å². The van der Waals surface area contributed by atoms with Gasteiger partial charge in [0, 0.05) is 0 Å². The van der Waals surface area contributed by atoms with Crippen molar-refractivity contribution >= 4 is 32.3 Å². The van der Waals surface area contributed by atoms with Crippen LogP contribution in [0.3, 0.4) is 0 Å². The monoisotopic (exact) mass is 526 g/mol. The van der Waals surface area contributed by atoms with Crippen LogP contribution < -0.4 is 0 Å². The molecular weight excluding hydrogens is 492 g/mol. The molecule has 0 nitrogen and oxygen atoms in total. The van der Waals surface area contributed by atoms with E-state index < -0.39 is 0 Å². The lowest BCUT2D eigenvalue weighted by Gasteiger charge is -2.16. The second-order valence-corrected chi connectivity index (χ2v) is 11.4. The van der Waals surface area contributed by atoms with Crippen molar-refractivity contribution in [3.8, 4) is 22.3 Å². The van der Waals surface area contributed by atoms with Crippen LogP contribution >= 0.6 is 0 Å². The molecule has 1 aliphatic rings. The molecule has 0 spiro atoms. The Labute approximate surface area is 242 Å². The van der Waals surface area contributed by atoms with E-state index in [0.717, 1.165) is 6.42 Å². The fraction of sp³-hybridized carbons (Fsp3) is 0.122. The molecule has 0 saturated carbocycles. The minimum absolute atomic E-state index is 1.11. The predicted molar refractivity (Wildman–Crippen MR) is 178 cm³/mol. The van der Waals surface area contributed by atoms with E-state index in [2.05, 4.69) is 149 Å². The molecule has 1 aliphatic carbocycles. The van der Waals surface area contributed by atoms with Crippen molar-refractivity contribution in [2.45, 2.75) is 34.1 Å². The van der Waals surface area contributed by atoms with E-state index in [-0.39, 0.29) is 0 Å². The van der Waals surface area contributed by atoms with Gasteiger partial charge < -0.3 is 0 Å². The van der Waals surface area contributed by atoms with Crippen LogP contribution in [0.15, 0.2) is 121 Å². The Balaban J connectivity index is 0.000000149. The highest BCUT2D eigenvalue weighted by Gasteiger charge is 2.21. The highest BCUT2D eigenvalue weighted by Crippen LogP contribution is 2.42. The normalized spacial score (nSPS) is 11.8. The second kappa shape index (κ2) is 10.1. The standard InChI is InChI=1S/C25H18.C16H16/c1-17-19-11-4-6-14-22(19)25(23-15-7-5-12-20(17)23)24-16-8-10-18-9-2-3-13-21(18)24;1-10-8-16-14-7-5-4-6-13(14)9-15(16)12(3)11(10)2/h2-16H,1H3;4-8H,9H2,1-3H3. The van der Waals surface area contributed by atoms with Crippen LogP contribution in [0.4, 0.5) is 0 Å². The zero-order chi connectivity index (χ0) is 28.1. The van der Waals surface area contributed by atoms with Crippen molar-refractivity contribution in [1.82, 2.24) is 0 Å². The summed E-state index contributed by atoms with van der Waals surface area (Å²) in [4.78, 5) is 0. The first-order valence-corrected chi connectivity index (χ1v) is 14.6. The number of benzene rings is 7. The van der Waals surface area contributed by atoms with Crippen LogP contribution in [0.25, 0.3) is 54.6 Å². The van der Waals surface area contributed by atoms with E-state index in [1.165, 1.54) is 88.0 Å². The van der Waals surface area contributed by atoms with Crippen LogP contribution in [-0.4, -0.2) is 0 Å². The molecule has 0 unspecified atom stereocenters. The first kappa shape index (κ1) is 25.3. The van der Waals surface area contributed by atoms with Gasteiger partial charge in [0.1, 0.15) is 0 Å². The number of fused-ring (bicyclic) bond motifs is 6. The average Bonchev–Trinajstić information content (AvgIpc) is 3.39. The van der Waals surface area contributed by atoms with Crippen molar-refractivity contribution < 1.29 is 0 Å². The van der Waals surface area contributed by atoms with Crippen molar-refractivity contribution in [3.05, 3.63) is 155 Å². The van der Waals surface area contributed by atoms with Gasteiger partial charge in [-0.2, -0.15) is 0 Å². The summed E-state index contributed by atoms with van der Waals surface area (Å²) in [7, 11) is 0. The molecule has 0 radical (unpaired) electrons. The molecule has 0 bridgehead atoms. The summed E-state index contributed by atoms with van der Waals surface area (Å²) in [5.41, 5.74) is 14.2. The summed E-state index contributed by atoms with van der Waals surface area (Å²) in [5, 5.41) is 7.93. The third-order valence-electron chi connectivity index (χ3n) is 9.23. The highest BCUT2D eigenvalue weighted by atomic mass is 14.2. The zero-order valence-corrected chi connectivity index (χ0v) is 24.3. The smallest absolute Gasteiger partial charge is 0.00107 e. The van der Waals surface area contributed by atoms with Gasteiger partial charge in [-0.15, -0.1) is 0 Å². The number of hydrogen-bond donors (Lipinski definition) is 0. The van der Waals surface area contributed by atoms with Gasteiger partial charge in [0.2, 0.25) is 0 Å². The molecule has 0 aliphatic heterocycles. The maximum Gasteiger partial charge on any atom is -0.00107 e. The van der Waals surface area contributed by atoms with E-state index in [1.807, 2.05) is 0 Å². The molecule has 0 N–H and O–H groups in total. The fourth-order valence-corrected chi connectivity index (χ4v) is 6.81. The van der Waals surface area contributed by atoms with E-state index in [4.69, 9.17) is 0 Å². The van der Waals surface area contributed by atoms with Gasteiger partial charge in [-0.1, -0.05) is 121 Å². The third-order valence-corrected chi connectivity index (χ3v) is 9.23. The maximum atomic E-state index is 2.35. The summed E-state index contributed by atoms with van der Waals surface area (Å²) < 4.78 is 0. The SMILES string of the molecule is Cc1c2ccccc2c(-c2cccc3ccccc23)c2ccccc12.Cc1cc2c(c(C)c1C)Cc1ccccc1-2. The summed E-state index contributed by atoms with van der Waals surface area (Å²) >= 11 is 0. The summed E-state index contributed by atoms with van der Waals surface area (Å²) in [5.74, 6) is 0. The molecule has 0 aromatic heterocycles. The molecule has 7 aromatic rings. The molecule has 198 valence electrons. The van der Waals surface area contributed by atoms with Crippen LogP contribution in [-0.2, 0) is 6.42 Å². The quantitative estimate of drug-likeness (QED) is 0.187. The molecule has 0 heteroatoms. The topological polar surface area (TPSA) is 0 Å². The molecule has 8 rings (SSSR count). The summed E-state index contributed by atoms with van der Waals surface area (Å²) in [6.45, 7) is 8.93. The first-order valence-electron chi connectivity index (χ1n) is 14.6. The second-order valence-electron chi connectivity index (χ2n) is 11.4. The fourth-order valence-electron chi connectivity index (χ4n) is 6.81. The Morgan fingerprint density at radius 3 is 1.66 bits per heavy atom. The number of aryl methyl sites for hydroxylation is 2. The summed E-state index contributed by atoms with van der Waals surface area (Å²) in [6, 6.07) is 44.0. The lowest BCUT2D eigenvalue weighted by molar-refractivity contribution is 1.17. The van der Waals surface area contributed by atoms with Crippen molar-refractivity contribution in [3.63, 3.8) is 0 Å². The van der Waals surface area contributed by atoms with E-state index in [1.54, 1.807) is 0 Å². The number of rotatable bonds is 1. The summed E-state index contributed by atoms with van der Waals surface area (Å²) in [6.07, 6.45) is 1.11. The van der Waals surface area contributed by atoms with Crippen LogP contribution in [0.5, 0.6) is 0 Å². The number of hydrogen-bond acceptors (Lipinski definition) is 0. The Morgan fingerprint density at radius 2 is 0.951 bits per heavy atom. The van der Waals surface area contributed by atoms with Crippen LogP contribution in [0, 0.1) is 27.7 Å². The van der Waals surface area contributed by atoms with Crippen molar-refractivity contribution in [2.24, 2.45) is 0 Å². The van der Waals surface area contributed by atoms with Crippen molar-refractivity contribution in [2.75, 3.05) is 0 Å². The van der Waals surface area contributed by atoms with E-state index in [0.29, 0.717) is 0 Å². The van der Waals surface area contributed by atoms with Gasteiger partial charge in [0.05, 0.1) is 0 Å². The van der Waals surface area contributed by atoms with Gasteiger partial charge in [-0.3, -0.25) is 0 Å². The third kappa shape index (κ3) is 4.14. The van der Waals surface area contributed by atoms with E-state index in [9.17, 15) is 0 Å². The zero-order valence-electron chi connectivity index (χ0n) is 24.3. The molecule has 0 atom stereocenters. The maximum absolute atomic E-state index is 2.35. The van der Waals surface area contributed by atoms with Gasteiger partial charge in [-0.05, 0) is 122 Å².